The number of carbonyl (C=O) groups excluding carboxylic acids is 2. The van der Waals surface area contributed by atoms with Crippen molar-refractivity contribution < 1.29 is 31.9 Å². The Kier molecular flexibility index (Phi) is 6.32. The fourth-order valence-corrected chi connectivity index (χ4v) is 2.27. The van der Waals surface area contributed by atoms with Gasteiger partial charge in [0.1, 0.15) is 29.8 Å². The van der Waals surface area contributed by atoms with Gasteiger partial charge in [-0.05, 0) is 30.7 Å². The van der Waals surface area contributed by atoms with Gasteiger partial charge in [-0.25, -0.2) is 17.6 Å². The van der Waals surface area contributed by atoms with E-state index in [9.17, 15) is 27.2 Å². The zero-order valence-electron chi connectivity index (χ0n) is 13.8. The maximum atomic E-state index is 14.1. The molecule has 0 atom stereocenters. The van der Waals surface area contributed by atoms with Gasteiger partial charge < -0.3 is 4.74 Å². The maximum Gasteiger partial charge on any atom is 0.326 e. The Morgan fingerprint density at radius 2 is 1.58 bits per heavy atom. The molecule has 1 amide bonds. The van der Waals surface area contributed by atoms with Crippen LogP contribution in [0.2, 0.25) is 0 Å². The van der Waals surface area contributed by atoms with E-state index in [-0.39, 0.29) is 17.9 Å². The summed E-state index contributed by atoms with van der Waals surface area (Å²) < 4.78 is 58.7. The number of nitrogens with zero attached hydrogens (tertiary/aromatic N) is 1. The number of carbonyl (C=O) groups is 2. The van der Waals surface area contributed by atoms with Crippen LogP contribution in [0.1, 0.15) is 12.5 Å². The highest BCUT2D eigenvalue weighted by molar-refractivity contribution is 5.98. The number of halogens is 4. The Morgan fingerprint density at radius 3 is 2.15 bits per heavy atom. The lowest BCUT2D eigenvalue weighted by molar-refractivity contribution is -0.142. The van der Waals surface area contributed by atoms with E-state index in [1.54, 1.807) is 6.92 Å². The van der Waals surface area contributed by atoms with E-state index in [4.69, 9.17) is 4.74 Å². The number of hydrogen-bond donors (Lipinski definition) is 0. The van der Waals surface area contributed by atoms with Crippen molar-refractivity contribution in [3.05, 3.63) is 65.2 Å². The average Bonchev–Trinajstić information content (AvgIpc) is 2.56. The number of anilines is 1. The van der Waals surface area contributed by atoms with Crippen LogP contribution in [-0.4, -0.2) is 25.0 Å². The van der Waals surface area contributed by atoms with Gasteiger partial charge in [0.05, 0.1) is 18.7 Å². The summed E-state index contributed by atoms with van der Waals surface area (Å²) in [4.78, 5) is 25.0. The van der Waals surface area contributed by atoms with Crippen LogP contribution in [0.4, 0.5) is 23.2 Å². The van der Waals surface area contributed by atoms with E-state index in [2.05, 4.69) is 0 Å². The molecule has 0 aliphatic carbocycles. The predicted octanol–water partition coefficient (Wildman–Crippen LogP) is 3.38. The van der Waals surface area contributed by atoms with Crippen molar-refractivity contribution in [2.75, 3.05) is 18.1 Å². The lowest BCUT2D eigenvalue weighted by Crippen LogP contribution is -2.38. The average molecular weight is 369 g/mol. The van der Waals surface area contributed by atoms with E-state index in [1.807, 2.05) is 0 Å². The predicted molar refractivity (Wildman–Crippen MR) is 85.4 cm³/mol. The van der Waals surface area contributed by atoms with Crippen molar-refractivity contribution in [2.24, 2.45) is 0 Å². The Balaban J connectivity index is 2.32. The zero-order valence-corrected chi connectivity index (χ0v) is 13.8. The van der Waals surface area contributed by atoms with Crippen molar-refractivity contribution >= 4 is 17.6 Å². The third-order valence-corrected chi connectivity index (χ3v) is 3.45. The molecule has 0 aliphatic rings. The molecular weight excluding hydrogens is 354 g/mol. The molecule has 26 heavy (non-hydrogen) atoms. The molecule has 138 valence electrons. The summed E-state index contributed by atoms with van der Waals surface area (Å²) in [5, 5.41) is 0. The second kappa shape index (κ2) is 8.46. The first-order chi connectivity index (χ1) is 12.3. The van der Waals surface area contributed by atoms with Crippen molar-refractivity contribution in [1.29, 1.82) is 0 Å². The van der Waals surface area contributed by atoms with Crippen molar-refractivity contribution in [3.63, 3.8) is 0 Å². The van der Waals surface area contributed by atoms with Gasteiger partial charge in [-0.1, -0.05) is 6.07 Å². The molecule has 0 heterocycles. The molecule has 0 aromatic heterocycles. The van der Waals surface area contributed by atoms with Crippen molar-refractivity contribution in [1.82, 2.24) is 0 Å². The first-order valence-electron chi connectivity index (χ1n) is 7.66. The second-order valence-electron chi connectivity index (χ2n) is 5.29. The summed E-state index contributed by atoms with van der Waals surface area (Å²) in [5.74, 6) is -5.35. The molecule has 2 aromatic rings. The third kappa shape index (κ3) is 4.81. The Morgan fingerprint density at radius 1 is 0.962 bits per heavy atom. The van der Waals surface area contributed by atoms with Crippen LogP contribution >= 0.6 is 0 Å². The summed E-state index contributed by atoms with van der Waals surface area (Å²) in [6, 6.07) is 5.12. The molecule has 0 saturated heterocycles. The zero-order chi connectivity index (χ0) is 19.3. The van der Waals surface area contributed by atoms with Crippen LogP contribution in [-0.2, 0) is 20.7 Å². The van der Waals surface area contributed by atoms with Gasteiger partial charge >= 0.3 is 5.97 Å². The van der Waals surface area contributed by atoms with Crippen LogP contribution in [0, 0.1) is 23.3 Å². The minimum Gasteiger partial charge on any atom is -0.465 e. The molecular formula is C18H15F4NO3. The first-order valence-corrected chi connectivity index (χ1v) is 7.66. The molecule has 0 aliphatic heterocycles. The highest BCUT2D eigenvalue weighted by Crippen LogP contribution is 2.22. The monoisotopic (exact) mass is 369 g/mol. The van der Waals surface area contributed by atoms with Gasteiger partial charge in [-0.3, -0.25) is 14.5 Å². The SMILES string of the molecule is CCOC(=O)CN(C(=O)Cc1ccc(F)cc1F)c1ccc(F)cc1F. The van der Waals surface area contributed by atoms with E-state index >= 15 is 0 Å². The number of esters is 1. The lowest BCUT2D eigenvalue weighted by Gasteiger charge is -2.22. The summed E-state index contributed by atoms with van der Waals surface area (Å²) >= 11 is 0. The molecule has 0 radical (unpaired) electrons. The largest absolute Gasteiger partial charge is 0.465 e. The van der Waals surface area contributed by atoms with Crippen LogP contribution in [0.25, 0.3) is 0 Å². The minimum atomic E-state index is -1.07. The Bertz CT molecular complexity index is 826. The van der Waals surface area contributed by atoms with Gasteiger partial charge in [-0.2, -0.15) is 0 Å². The molecule has 4 nitrogen and oxygen atoms in total. The van der Waals surface area contributed by atoms with Gasteiger partial charge in [0.2, 0.25) is 5.91 Å². The van der Waals surface area contributed by atoms with Crippen LogP contribution in [0.15, 0.2) is 36.4 Å². The molecule has 0 spiro atoms. The lowest BCUT2D eigenvalue weighted by atomic mass is 10.1. The van der Waals surface area contributed by atoms with E-state index in [1.165, 1.54) is 0 Å². The molecule has 0 saturated carbocycles. The number of benzene rings is 2. The van der Waals surface area contributed by atoms with Gasteiger partial charge in [0.25, 0.3) is 0 Å². The number of hydrogen-bond acceptors (Lipinski definition) is 3. The topological polar surface area (TPSA) is 46.6 Å². The number of rotatable bonds is 6. The highest BCUT2D eigenvalue weighted by atomic mass is 19.1. The second-order valence-corrected chi connectivity index (χ2v) is 5.29. The normalized spacial score (nSPS) is 10.5. The van der Waals surface area contributed by atoms with E-state index in [0.717, 1.165) is 29.2 Å². The fraction of sp³-hybridized carbons (Fsp3) is 0.222. The highest BCUT2D eigenvalue weighted by Gasteiger charge is 2.24. The van der Waals surface area contributed by atoms with E-state index in [0.29, 0.717) is 12.1 Å². The van der Waals surface area contributed by atoms with Crippen molar-refractivity contribution in [2.45, 2.75) is 13.3 Å². The Labute approximate surface area is 147 Å². The summed E-state index contributed by atoms with van der Waals surface area (Å²) in [7, 11) is 0. The summed E-state index contributed by atoms with van der Waals surface area (Å²) in [5.41, 5.74) is -0.486. The molecule has 8 heteroatoms. The van der Waals surface area contributed by atoms with Crippen LogP contribution in [0.3, 0.4) is 0 Å². The number of amides is 1. The summed E-state index contributed by atoms with van der Waals surface area (Å²) in [6.07, 6.45) is -0.553. The van der Waals surface area contributed by atoms with E-state index < -0.39 is 48.1 Å². The quantitative estimate of drug-likeness (QED) is 0.579. The van der Waals surface area contributed by atoms with Gasteiger partial charge in [0.15, 0.2) is 0 Å². The minimum absolute atomic E-state index is 0.0410. The fourth-order valence-electron chi connectivity index (χ4n) is 2.27. The summed E-state index contributed by atoms with van der Waals surface area (Å²) in [6.45, 7) is 0.952. The van der Waals surface area contributed by atoms with Crippen LogP contribution in [0.5, 0.6) is 0 Å². The molecule has 2 rings (SSSR count). The third-order valence-electron chi connectivity index (χ3n) is 3.45. The van der Waals surface area contributed by atoms with Gasteiger partial charge in [-0.15, -0.1) is 0 Å². The molecule has 0 N–H and O–H groups in total. The standard InChI is InChI=1S/C18H15F4NO3/c1-2-26-18(25)10-23(16-6-5-13(20)9-15(16)22)17(24)7-11-3-4-12(19)8-14(11)21/h3-6,8-9H,2,7,10H2,1H3. The van der Waals surface area contributed by atoms with Crippen LogP contribution < -0.4 is 4.90 Å². The van der Waals surface area contributed by atoms with Gasteiger partial charge in [0, 0.05) is 12.1 Å². The molecule has 0 unspecified atom stereocenters. The first kappa shape index (κ1) is 19.4. The molecule has 0 bridgehead atoms. The smallest absolute Gasteiger partial charge is 0.326 e. The van der Waals surface area contributed by atoms with Crippen molar-refractivity contribution in [3.8, 4) is 0 Å². The number of ether oxygens (including phenoxy) is 1. The Hall–Kier alpha value is -2.90. The molecule has 0 fully saturated rings. The molecule has 2 aromatic carbocycles. The maximum absolute atomic E-state index is 14.1.